The number of aliphatic hydroxyl groups is 1. The van der Waals surface area contributed by atoms with Crippen LogP contribution in [0.5, 0.6) is 0 Å². The third-order valence-corrected chi connectivity index (χ3v) is 4.64. The van der Waals surface area contributed by atoms with Gasteiger partial charge in [0.05, 0.1) is 41.7 Å². The number of nitro groups is 1. The summed E-state index contributed by atoms with van der Waals surface area (Å²) in [5.74, 6) is 0. The van der Waals surface area contributed by atoms with Crippen LogP contribution in [0.25, 0.3) is 27.8 Å². The number of pyridine rings is 1. The van der Waals surface area contributed by atoms with Gasteiger partial charge in [0.1, 0.15) is 11.3 Å². The predicted octanol–water partition coefficient (Wildman–Crippen LogP) is 1.92. The van der Waals surface area contributed by atoms with Gasteiger partial charge in [-0.2, -0.15) is 5.10 Å². The molecule has 0 atom stereocenters. The van der Waals surface area contributed by atoms with E-state index >= 15 is 0 Å². The van der Waals surface area contributed by atoms with Gasteiger partial charge in [0, 0.05) is 35.5 Å². The highest BCUT2D eigenvalue weighted by Gasteiger charge is 2.17. The maximum absolute atomic E-state index is 11.2. The van der Waals surface area contributed by atoms with Crippen LogP contribution in [-0.2, 0) is 13.2 Å². The Hall–Kier alpha value is -4.12. The molecular formula is C18H14N8O3. The molecule has 4 aromatic heterocycles. The van der Waals surface area contributed by atoms with Gasteiger partial charge in [-0.25, -0.2) is 9.67 Å². The molecule has 5 aromatic rings. The molecule has 2 N–H and O–H groups in total. The van der Waals surface area contributed by atoms with Crippen molar-refractivity contribution >= 4 is 22.2 Å². The van der Waals surface area contributed by atoms with Crippen LogP contribution in [0.15, 0.2) is 49.1 Å². The van der Waals surface area contributed by atoms with E-state index < -0.39 is 4.92 Å². The van der Waals surface area contributed by atoms with Crippen LogP contribution < -0.4 is 0 Å². The van der Waals surface area contributed by atoms with Crippen LogP contribution in [-0.4, -0.2) is 44.6 Å². The number of hydrogen-bond donors (Lipinski definition) is 2. The van der Waals surface area contributed by atoms with Crippen molar-refractivity contribution < 1.29 is 10.0 Å². The summed E-state index contributed by atoms with van der Waals surface area (Å²) in [6.07, 6.45) is 7.00. The van der Waals surface area contributed by atoms with E-state index in [0.29, 0.717) is 23.3 Å². The quantitative estimate of drug-likeness (QED) is 0.345. The van der Waals surface area contributed by atoms with Gasteiger partial charge in [-0.05, 0) is 11.6 Å². The second kappa shape index (κ2) is 6.49. The second-order valence-corrected chi connectivity index (χ2v) is 6.58. The first kappa shape index (κ1) is 17.0. The molecule has 11 nitrogen and oxygen atoms in total. The fourth-order valence-corrected chi connectivity index (χ4v) is 3.28. The van der Waals surface area contributed by atoms with E-state index in [0.717, 1.165) is 22.3 Å². The maximum atomic E-state index is 11.2. The topological polar surface area (TPSA) is 140 Å². The average molecular weight is 390 g/mol. The number of imidazole rings is 1. The molecule has 0 aliphatic rings. The highest BCUT2D eigenvalue weighted by molar-refractivity contribution is 5.95. The Morgan fingerprint density at radius 2 is 2.10 bits per heavy atom. The number of benzene rings is 1. The van der Waals surface area contributed by atoms with E-state index in [-0.39, 0.29) is 12.3 Å². The molecule has 0 amide bonds. The summed E-state index contributed by atoms with van der Waals surface area (Å²) in [6.45, 7) is 0.341. The van der Waals surface area contributed by atoms with E-state index in [1.54, 1.807) is 17.1 Å². The molecule has 0 aliphatic carbocycles. The van der Waals surface area contributed by atoms with E-state index in [4.69, 9.17) is 0 Å². The number of non-ortho nitro benzene ring substituents is 1. The normalized spacial score (nSPS) is 11.5. The van der Waals surface area contributed by atoms with E-state index in [2.05, 4.69) is 25.5 Å². The van der Waals surface area contributed by atoms with Crippen molar-refractivity contribution in [2.45, 2.75) is 13.2 Å². The Labute approximate surface area is 162 Å². The Kier molecular flexibility index (Phi) is 3.81. The third-order valence-electron chi connectivity index (χ3n) is 4.64. The van der Waals surface area contributed by atoms with Crippen LogP contribution in [0.3, 0.4) is 0 Å². The van der Waals surface area contributed by atoms with Gasteiger partial charge in [-0.1, -0.05) is 11.3 Å². The highest BCUT2D eigenvalue weighted by atomic mass is 16.6. The van der Waals surface area contributed by atoms with Gasteiger partial charge < -0.3 is 9.51 Å². The minimum atomic E-state index is -0.453. The second-order valence-electron chi connectivity index (χ2n) is 6.58. The molecule has 0 aliphatic heterocycles. The first-order chi connectivity index (χ1) is 14.1. The molecule has 4 heterocycles. The summed E-state index contributed by atoms with van der Waals surface area (Å²) in [4.78, 5) is 15.3. The van der Waals surface area contributed by atoms with Crippen LogP contribution in [0.4, 0.5) is 5.69 Å². The molecule has 0 saturated heterocycles. The van der Waals surface area contributed by atoms with Gasteiger partial charge in [0.25, 0.3) is 5.69 Å². The predicted molar refractivity (Wildman–Crippen MR) is 102 cm³/mol. The van der Waals surface area contributed by atoms with Crippen molar-refractivity contribution in [1.82, 2.24) is 34.6 Å². The Morgan fingerprint density at radius 1 is 1.21 bits per heavy atom. The highest BCUT2D eigenvalue weighted by Crippen LogP contribution is 2.30. The van der Waals surface area contributed by atoms with Crippen LogP contribution in [0.1, 0.15) is 11.3 Å². The van der Waals surface area contributed by atoms with Crippen molar-refractivity contribution in [3.63, 3.8) is 0 Å². The first-order valence-electron chi connectivity index (χ1n) is 8.70. The van der Waals surface area contributed by atoms with E-state index in [1.807, 2.05) is 28.9 Å². The summed E-state index contributed by atoms with van der Waals surface area (Å²) >= 11 is 0. The SMILES string of the molecule is O=[N+]([O-])c1cc(-c2cn(Cc3cn4cc(CO)ccc4n3)nn2)c2cn[nH]c2c1. The largest absolute Gasteiger partial charge is 0.392 e. The number of aromatic amines is 1. The van der Waals surface area contributed by atoms with E-state index in [1.165, 1.54) is 12.1 Å². The zero-order valence-corrected chi connectivity index (χ0v) is 14.9. The number of H-pyrrole nitrogens is 1. The minimum Gasteiger partial charge on any atom is -0.392 e. The zero-order valence-electron chi connectivity index (χ0n) is 14.9. The molecule has 29 heavy (non-hydrogen) atoms. The molecule has 0 saturated carbocycles. The third kappa shape index (κ3) is 2.99. The first-order valence-corrected chi connectivity index (χ1v) is 8.70. The van der Waals surface area contributed by atoms with Crippen molar-refractivity contribution in [2.75, 3.05) is 0 Å². The number of aromatic nitrogens is 7. The van der Waals surface area contributed by atoms with Gasteiger partial charge in [-0.3, -0.25) is 15.2 Å². The molecule has 0 unspecified atom stereocenters. The summed E-state index contributed by atoms with van der Waals surface area (Å²) in [7, 11) is 0. The molecule has 0 bridgehead atoms. The number of nitrogens with zero attached hydrogens (tertiary/aromatic N) is 7. The number of fused-ring (bicyclic) bond motifs is 2. The monoisotopic (exact) mass is 390 g/mol. The van der Waals surface area contributed by atoms with Crippen LogP contribution in [0.2, 0.25) is 0 Å². The van der Waals surface area contributed by atoms with Crippen molar-refractivity contribution in [3.05, 3.63) is 70.4 Å². The van der Waals surface area contributed by atoms with Crippen LogP contribution >= 0.6 is 0 Å². The maximum Gasteiger partial charge on any atom is 0.272 e. The molecule has 144 valence electrons. The molecule has 5 rings (SSSR count). The summed E-state index contributed by atoms with van der Waals surface area (Å²) < 4.78 is 3.46. The molecular weight excluding hydrogens is 376 g/mol. The standard InChI is InChI=1S/C18H14N8O3/c27-10-11-1-2-18-20-12(7-24(18)6-11)8-25-9-17(22-23-25)14-3-13(26(28)29)4-16-15(14)5-19-21-16/h1-7,9,27H,8,10H2,(H,19,21). The fourth-order valence-electron chi connectivity index (χ4n) is 3.28. The Balaban J connectivity index is 1.49. The molecule has 1 aromatic carbocycles. The number of aliphatic hydroxyl groups excluding tert-OH is 1. The average Bonchev–Trinajstić information content (AvgIpc) is 3.45. The fraction of sp³-hybridized carbons (Fsp3) is 0.111. The lowest BCUT2D eigenvalue weighted by Crippen LogP contribution is -2.00. The van der Waals surface area contributed by atoms with Crippen LogP contribution in [0, 0.1) is 10.1 Å². The number of hydrogen-bond acceptors (Lipinski definition) is 7. The number of nitro benzene ring substituents is 1. The Bertz CT molecular complexity index is 1370. The number of rotatable bonds is 5. The smallest absolute Gasteiger partial charge is 0.272 e. The van der Waals surface area contributed by atoms with Gasteiger partial charge >= 0.3 is 0 Å². The summed E-state index contributed by atoms with van der Waals surface area (Å²) in [5.41, 5.74) is 3.91. The summed E-state index contributed by atoms with van der Waals surface area (Å²) in [5, 5.41) is 36.3. The number of nitrogens with one attached hydrogen (secondary N) is 1. The van der Waals surface area contributed by atoms with E-state index in [9.17, 15) is 15.2 Å². The van der Waals surface area contributed by atoms with Crippen molar-refractivity contribution in [2.24, 2.45) is 0 Å². The minimum absolute atomic E-state index is 0.0401. The van der Waals surface area contributed by atoms with Gasteiger partial charge in [-0.15, -0.1) is 5.10 Å². The molecule has 0 radical (unpaired) electrons. The molecule has 0 spiro atoms. The lowest BCUT2D eigenvalue weighted by atomic mass is 10.1. The lowest BCUT2D eigenvalue weighted by molar-refractivity contribution is -0.384. The lowest BCUT2D eigenvalue weighted by Gasteiger charge is -1.99. The molecule has 0 fully saturated rings. The van der Waals surface area contributed by atoms with Gasteiger partial charge in [0.15, 0.2) is 0 Å². The Morgan fingerprint density at radius 3 is 2.93 bits per heavy atom. The zero-order chi connectivity index (χ0) is 20.0. The summed E-state index contributed by atoms with van der Waals surface area (Å²) in [6, 6.07) is 6.56. The molecule has 11 heteroatoms. The van der Waals surface area contributed by atoms with Crippen molar-refractivity contribution in [3.8, 4) is 11.3 Å². The van der Waals surface area contributed by atoms with Gasteiger partial charge in [0.2, 0.25) is 0 Å². The van der Waals surface area contributed by atoms with Crippen molar-refractivity contribution in [1.29, 1.82) is 0 Å².